The quantitative estimate of drug-likeness (QED) is 0.170. The topological polar surface area (TPSA) is 170 Å². The van der Waals surface area contributed by atoms with E-state index in [0.717, 1.165) is 11.1 Å². The highest BCUT2D eigenvalue weighted by Gasteiger charge is 2.42. The molecule has 1 saturated heterocycles. The van der Waals surface area contributed by atoms with Crippen LogP contribution in [0.25, 0.3) is 6.08 Å². The van der Waals surface area contributed by atoms with E-state index >= 15 is 0 Å². The smallest absolute Gasteiger partial charge is 0.338 e. The molecule has 2 amide bonds. The standard InChI is InChI=1S/C41H46N2O10/c1-41(2,3)53-36(46)18-17-32(24-44)43-39(48)29-14-8-11-27(20-29)23-42-38(47)31-21-34-37(51-25-50-34)35(22-31)52-40(49)30-15-7-10-26(19-30)9-6-13-28-12-4-5-16-33(28)45/h4-12,14-16,19-21,32,34-35,37,44-45H,13,17-18,22-25H2,1-3H3,(H,42,47)(H,43,48). The van der Waals surface area contributed by atoms with Gasteiger partial charge < -0.3 is 39.8 Å². The number of aliphatic hydroxyl groups excluding tert-OH is 1. The first-order chi connectivity index (χ1) is 25.4. The Kier molecular flexibility index (Phi) is 13.2. The highest BCUT2D eigenvalue weighted by Crippen LogP contribution is 2.31. The van der Waals surface area contributed by atoms with Gasteiger partial charge in [0.25, 0.3) is 5.91 Å². The van der Waals surface area contributed by atoms with E-state index < -0.39 is 47.8 Å². The summed E-state index contributed by atoms with van der Waals surface area (Å²) in [5, 5.41) is 25.4. The van der Waals surface area contributed by atoms with Gasteiger partial charge in [-0.05, 0) is 86.7 Å². The number of para-hydroxylation sites is 1. The summed E-state index contributed by atoms with van der Waals surface area (Å²) in [4.78, 5) is 51.7. The van der Waals surface area contributed by atoms with Crippen LogP contribution >= 0.6 is 0 Å². The molecule has 12 heteroatoms. The van der Waals surface area contributed by atoms with Crippen molar-refractivity contribution in [2.24, 2.45) is 0 Å². The van der Waals surface area contributed by atoms with Crippen LogP contribution in [0.4, 0.5) is 0 Å². The van der Waals surface area contributed by atoms with E-state index in [1.807, 2.05) is 30.4 Å². The number of esters is 2. The van der Waals surface area contributed by atoms with Gasteiger partial charge in [-0.2, -0.15) is 0 Å². The Hall–Kier alpha value is -5.30. The van der Waals surface area contributed by atoms with E-state index in [9.17, 15) is 29.4 Å². The third kappa shape index (κ3) is 11.3. The number of hydrogen-bond acceptors (Lipinski definition) is 10. The van der Waals surface area contributed by atoms with Crippen molar-refractivity contribution >= 4 is 29.8 Å². The van der Waals surface area contributed by atoms with Gasteiger partial charge in [-0.15, -0.1) is 0 Å². The fourth-order valence-electron chi connectivity index (χ4n) is 5.99. The molecule has 12 nitrogen and oxygen atoms in total. The summed E-state index contributed by atoms with van der Waals surface area (Å²) in [7, 11) is 0. The van der Waals surface area contributed by atoms with Crippen LogP contribution in [0.15, 0.2) is 90.5 Å². The number of rotatable bonds is 14. The molecule has 2 aliphatic rings. The Bertz CT molecular complexity index is 1850. The molecule has 0 spiro atoms. The maximum atomic E-state index is 13.4. The monoisotopic (exact) mass is 726 g/mol. The first-order valence-corrected chi connectivity index (χ1v) is 17.6. The fourth-order valence-corrected chi connectivity index (χ4v) is 5.99. The number of benzene rings is 3. The summed E-state index contributed by atoms with van der Waals surface area (Å²) in [6, 6.07) is 20.1. The molecule has 1 aliphatic heterocycles. The van der Waals surface area contributed by atoms with Crippen LogP contribution in [-0.4, -0.2) is 77.3 Å². The lowest BCUT2D eigenvalue weighted by molar-refractivity contribution is -0.155. The molecule has 5 rings (SSSR count). The second-order valence-corrected chi connectivity index (χ2v) is 13.9. The molecule has 1 fully saturated rings. The molecule has 3 aromatic carbocycles. The maximum absolute atomic E-state index is 13.4. The van der Waals surface area contributed by atoms with Crippen LogP contribution in [0.1, 0.15) is 77.4 Å². The normalized spacial score (nSPS) is 18.8. The third-order valence-corrected chi connectivity index (χ3v) is 8.62. The number of allylic oxidation sites excluding steroid dienone is 1. The average Bonchev–Trinajstić information content (AvgIpc) is 3.62. The predicted molar refractivity (Wildman–Crippen MR) is 196 cm³/mol. The number of phenols is 1. The summed E-state index contributed by atoms with van der Waals surface area (Å²) in [5.41, 5.74) is 2.64. The summed E-state index contributed by atoms with van der Waals surface area (Å²) in [6.45, 7) is 5.06. The number of phenolic OH excluding ortho intramolecular Hbond substituents is 1. The third-order valence-electron chi connectivity index (χ3n) is 8.62. The minimum atomic E-state index is -0.775. The van der Waals surface area contributed by atoms with Crippen molar-refractivity contribution in [1.82, 2.24) is 10.6 Å². The number of aliphatic hydroxyl groups is 1. The van der Waals surface area contributed by atoms with Gasteiger partial charge in [0.05, 0.1) is 18.2 Å². The molecule has 0 bridgehead atoms. The molecule has 4 unspecified atom stereocenters. The number of ether oxygens (including phenoxy) is 4. The van der Waals surface area contributed by atoms with Crippen molar-refractivity contribution in [3.05, 3.63) is 118 Å². The molecule has 0 saturated carbocycles. The second-order valence-electron chi connectivity index (χ2n) is 13.9. The molecule has 53 heavy (non-hydrogen) atoms. The molecular formula is C41H46N2O10. The van der Waals surface area contributed by atoms with Gasteiger partial charge in [0.15, 0.2) is 0 Å². The van der Waals surface area contributed by atoms with Gasteiger partial charge in [0, 0.05) is 30.5 Å². The van der Waals surface area contributed by atoms with Crippen molar-refractivity contribution in [1.29, 1.82) is 0 Å². The minimum absolute atomic E-state index is 0.000963. The lowest BCUT2D eigenvalue weighted by atomic mass is 9.91. The van der Waals surface area contributed by atoms with E-state index in [0.29, 0.717) is 28.7 Å². The minimum Gasteiger partial charge on any atom is -0.508 e. The first-order valence-electron chi connectivity index (χ1n) is 17.6. The maximum Gasteiger partial charge on any atom is 0.338 e. The summed E-state index contributed by atoms with van der Waals surface area (Å²) in [5.74, 6) is -1.57. The molecule has 1 heterocycles. The summed E-state index contributed by atoms with van der Waals surface area (Å²) < 4.78 is 22.6. The number of nitrogens with one attached hydrogen (secondary N) is 2. The number of carbonyl (C=O) groups is 4. The van der Waals surface area contributed by atoms with Gasteiger partial charge in [-0.3, -0.25) is 14.4 Å². The molecule has 0 aromatic heterocycles. The second kappa shape index (κ2) is 18.0. The zero-order valence-corrected chi connectivity index (χ0v) is 30.1. The van der Waals surface area contributed by atoms with Crippen molar-refractivity contribution in [2.75, 3.05) is 13.4 Å². The molecular weight excluding hydrogens is 680 g/mol. The molecule has 280 valence electrons. The number of amides is 2. The van der Waals surface area contributed by atoms with Crippen molar-refractivity contribution in [3.8, 4) is 5.75 Å². The summed E-state index contributed by atoms with van der Waals surface area (Å²) in [6.07, 6.45) is 4.40. The Morgan fingerprint density at radius 3 is 2.51 bits per heavy atom. The summed E-state index contributed by atoms with van der Waals surface area (Å²) >= 11 is 0. The van der Waals surface area contributed by atoms with Gasteiger partial charge >= 0.3 is 11.9 Å². The first kappa shape index (κ1) is 38.9. The molecule has 0 radical (unpaired) electrons. The van der Waals surface area contributed by atoms with E-state index in [1.165, 1.54) is 0 Å². The Balaban J connectivity index is 1.15. The number of carbonyl (C=O) groups excluding carboxylic acids is 4. The average molecular weight is 727 g/mol. The van der Waals surface area contributed by atoms with Crippen LogP contribution in [-0.2, 0) is 41.5 Å². The SMILES string of the molecule is CC(C)(C)OC(=O)CCC(CO)NC(=O)c1cccc(CNC(=O)C2=CC3OCOC3C(OC(=O)c3cccc(C=CCc4ccccc4O)c3)C2)c1. The van der Waals surface area contributed by atoms with Gasteiger partial charge in [0.1, 0.15) is 36.5 Å². The Morgan fingerprint density at radius 1 is 0.962 bits per heavy atom. The van der Waals surface area contributed by atoms with Crippen LogP contribution in [0.3, 0.4) is 0 Å². The van der Waals surface area contributed by atoms with E-state index in [4.69, 9.17) is 18.9 Å². The number of aromatic hydroxyl groups is 1. The fraction of sp³-hybridized carbons (Fsp3) is 0.366. The number of hydrogen-bond donors (Lipinski definition) is 4. The lowest BCUT2D eigenvalue weighted by Gasteiger charge is -2.30. The van der Waals surface area contributed by atoms with Gasteiger partial charge in [0.2, 0.25) is 5.91 Å². The Labute approximate surface area is 308 Å². The van der Waals surface area contributed by atoms with E-state index in [1.54, 1.807) is 81.4 Å². The molecule has 1 aliphatic carbocycles. The largest absolute Gasteiger partial charge is 0.508 e. The van der Waals surface area contributed by atoms with Gasteiger partial charge in [-0.25, -0.2) is 4.79 Å². The van der Waals surface area contributed by atoms with Crippen LogP contribution in [0.2, 0.25) is 0 Å². The highest BCUT2D eigenvalue weighted by molar-refractivity contribution is 5.95. The molecule has 4 atom stereocenters. The van der Waals surface area contributed by atoms with Gasteiger partial charge in [-0.1, -0.05) is 54.6 Å². The van der Waals surface area contributed by atoms with Crippen LogP contribution in [0.5, 0.6) is 5.75 Å². The van der Waals surface area contributed by atoms with Crippen molar-refractivity contribution in [3.63, 3.8) is 0 Å². The predicted octanol–water partition coefficient (Wildman–Crippen LogP) is 4.77. The van der Waals surface area contributed by atoms with E-state index in [2.05, 4.69) is 10.6 Å². The zero-order chi connectivity index (χ0) is 38.0. The van der Waals surface area contributed by atoms with Crippen molar-refractivity contribution < 1.29 is 48.3 Å². The van der Waals surface area contributed by atoms with Crippen molar-refractivity contribution in [2.45, 2.75) is 83.0 Å². The zero-order valence-electron chi connectivity index (χ0n) is 30.1. The Morgan fingerprint density at radius 2 is 1.74 bits per heavy atom. The highest BCUT2D eigenvalue weighted by atomic mass is 16.7. The lowest BCUT2D eigenvalue weighted by Crippen LogP contribution is -2.43. The number of fused-ring (bicyclic) bond motifs is 1. The molecule has 3 aromatic rings. The molecule has 4 N–H and O–H groups in total. The van der Waals surface area contributed by atoms with E-state index in [-0.39, 0.29) is 50.9 Å². The van der Waals surface area contributed by atoms with Crippen LogP contribution in [0, 0.1) is 0 Å². The van der Waals surface area contributed by atoms with Crippen LogP contribution < -0.4 is 10.6 Å².